The highest BCUT2D eigenvalue weighted by Gasteiger charge is 2.39. The molecule has 4 rings (SSSR count). The van der Waals surface area contributed by atoms with Crippen LogP contribution in [0.2, 0.25) is 10.0 Å². The van der Waals surface area contributed by atoms with E-state index in [-0.39, 0.29) is 34.0 Å². The van der Waals surface area contributed by atoms with E-state index in [1.54, 1.807) is 42.5 Å². The summed E-state index contributed by atoms with van der Waals surface area (Å²) in [7, 11) is 0. The molecule has 1 atom stereocenters. The Labute approximate surface area is 211 Å². The maximum Gasteiger partial charge on any atom is 0.399 e. The topological polar surface area (TPSA) is 37.4 Å². The third-order valence-electron chi connectivity index (χ3n) is 5.42. The zero-order chi connectivity index (χ0) is 24.6. The lowest BCUT2D eigenvalue weighted by Gasteiger charge is -2.18. The van der Waals surface area contributed by atoms with Crippen molar-refractivity contribution in [2.45, 2.75) is 18.6 Å². The lowest BCUT2D eigenvalue weighted by molar-refractivity contribution is -0.139. The SMILES string of the molecule is O=C1c2ccccc2C(=O)N1Cc1ccc(/C=C/C(c2ccc(Cl)c(Cl)c2)C(F)(F)F)cc1Br. The molecule has 3 nitrogen and oxygen atoms in total. The molecule has 0 saturated carbocycles. The minimum Gasteiger partial charge on any atom is -0.270 e. The lowest BCUT2D eigenvalue weighted by Crippen LogP contribution is -2.29. The Morgan fingerprint density at radius 1 is 0.912 bits per heavy atom. The van der Waals surface area contributed by atoms with Crippen molar-refractivity contribution in [1.29, 1.82) is 0 Å². The number of hydrogen-bond donors (Lipinski definition) is 0. The molecule has 0 fully saturated rings. The summed E-state index contributed by atoms with van der Waals surface area (Å²) in [5.41, 5.74) is 1.82. The first kappa shape index (κ1) is 24.5. The maximum absolute atomic E-state index is 13.7. The summed E-state index contributed by atoms with van der Waals surface area (Å²) >= 11 is 15.1. The predicted molar refractivity (Wildman–Crippen MR) is 129 cm³/mol. The fraction of sp³-hybridized carbons (Fsp3) is 0.120. The highest BCUT2D eigenvalue weighted by Crippen LogP contribution is 2.38. The summed E-state index contributed by atoms with van der Waals surface area (Å²) in [4.78, 5) is 26.3. The number of allylic oxidation sites excluding steroid dienone is 1. The van der Waals surface area contributed by atoms with Gasteiger partial charge >= 0.3 is 6.18 Å². The quantitative estimate of drug-likeness (QED) is 0.293. The van der Waals surface area contributed by atoms with Crippen LogP contribution in [-0.4, -0.2) is 22.9 Å². The summed E-state index contributed by atoms with van der Waals surface area (Å²) in [6.45, 7) is 0.0331. The van der Waals surface area contributed by atoms with Crippen LogP contribution in [-0.2, 0) is 6.54 Å². The van der Waals surface area contributed by atoms with Gasteiger partial charge in [-0.2, -0.15) is 13.2 Å². The fourth-order valence-electron chi connectivity index (χ4n) is 3.67. The highest BCUT2D eigenvalue weighted by molar-refractivity contribution is 9.10. The van der Waals surface area contributed by atoms with Crippen LogP contribution in [0, 0.1) is 0 Å². The summed E-state index contributed by atoms with van der Waals surface area (Å²) in [5, 5.41) is 0.218. The number of imide groups is 1. The average Bonchev–Trinajstić information content (AvgIpc) is 3.02. The smallest absolute Gasteiger partial charge is 0.270 e. The number of nitrogens with zero attached hydrogens (tertiary/aromatic N) is 1. The van der Waals surface area contributed by atoms with Gasteiger partial charge in [0.1, 0.15) is 0 Å². The third-order valence-corrected chi connectivity index (χ3v) is 6.90. The van der Waals surface area contributed by atoms with Crippen molar-refractivity contribution in [2.75, 3.05) is 0 Å². The summed E-state index contributed by atoms with van der Waals surface area (Å²) in [5.74, 6) is -2.64. The number of alkyl halides is 3. The molecule has 1 aliphatic rings. The van der Waals surface area contributed by atoms with Gasteiger partial charge in [0, 0.05) is 4.47 Å². The van der Waals surface area contributed by atoms with E-state index in [1.165, 1.54) is 24.3 Å². The second kappa shape index (κ2) is 9.56. The van der Waals surface area contributed by atoms with Crippen molar-refractivity contribution < 1.29 is 22.8 Å². The van der Waals surface area contributed by atoms with Gasteiger partial charge in [-0.05, 0) is 47.0 Å². The van der Waals surface area contributed by atoms with E-state index < -0.39 is 12.1 Å². The molecule has 0 bridgehead atoms. The number of carbonyl (C=O) groups excluding carboxylic acids is 2. The zero-order valence-electron chi connectivity index (χ0n) is 17.2. The Morgan fingerprint density at radius 2 is 1.56 bits per heavy atom. The molecular weight excluding hydrogens is 554 g/mol. The number of benzene rings is 3. The van der Waals surface area contributed by atoms with Crippen molar-refractivity contribution in [2.24, 2.45) is 0 Å². The van der Waals surface area contributed by atoms with Crippen LogP contribution >= 0.6 is 39.1 Å². The standard InChI is InChI=1S/C25H15BrCl2F3NO2/c26-20-11-14(6-9-19(25(29,30)31)15-8-10-21(27)22(28)12-15)5-7-16(20)13-32-23(33)17-3-1-2-4-18(17)24(32)34/h1-12,19H,13H2/b9-6+. The Hall–Kier alpha value is -2.61. The largest absolute Gasteiger partial charge is 0.399 e. The lowest BCUT2D eigenvalue weighted by atomic mass is 9.97. The molecule has 3 aromatic carbocycles. The van der Waals surface area contributed by atoms with Crippen LogP contribution in [0.3, 0.4) is 0 Å². The van der Waals surface area contributed by atoms with Crippen LogP contribution in [0.4, 0.5) is 13.2 Å². The van der Waals surface area contributed by atoms with Crippen LogP contribution in [0.15, 0.2) is 71.2 Å². The van der Waals surface area contributed by atoms with Gasteiger partial charge < -0.3 is 0 Å². The molecule has 2 amide bonds. The maximum atomic E-state index is 13.7. The second-order valence-electron chi connectivity index (χ2n) is 7.64. The first-order valence-corrected chi connectivity index (χ1v) is 11.5. The van der Waals surface area contributed by atoms with Gasteiger partial charge in [-0.3, -0.25) is 14.5 Å². The Balaban J connectivity index is 1.55. The van der Waals surface area contributed by atoms with E-state index in [0.29, 0.717) is 26.7 Å². The van der Waals surface area contributed by atoms with Crippen LogP contribution < -0.4 is 0 Å². The number of amides is 2. The van der Waals surface area contributed by atoms with E-state index in [0.717, 1.165) is 11.0 Å². The molecule has 0 aromatic heterocycles. The van der Waals surface area contributed by atoms with Crippen molar-refractivity contribution in [3.8, 4) is 0 Å². The molecule has 34 heavy (non-hydrogen) atoms. The van der Waals surface area contributed by atoms with Crippen molar-refractivity contribution in [1.82, 2.24) is 4.90 Å². The van der Waals surface area contributed by atoms with Crippen molar-refractivity contribution in [3.05, 3.63) is 109 Å². The molecule has 0 spiro atoms. The van der Waals surface area contributed by atoms with Gasteiger partial charge in [0.25, 0.3) is 11.8 Å². The fourth-order valence-corrected chi connectivity index (χ4v) is 4.50. The minimum atomic E-state index is -4.53. The summed E-state index contributed by atoms with van der Waals surface area (Å²) in [6.07, 6.45) is -2.13. The third kappa shape index (κ3) is 4.92. The van der Waals surface area contributed by atoms with E-state index in [1.807, 2.05) is 0 Å². The molecule has 1 heterocycles. The van der Waals surface area contributed by atoms with Crippen LogP contribution in [0.5, 0.6) is 0 Å². The highest BCUT2D eigenvalue weighted by atomic mass is 79.9. The van der Waals surface area contributed by atoms with Crippen LogP contribution in [0.25, 0.3) is 6.08 Å². The first-order chi connectivity index (χ1) is 16.1. The van der Waals surface area contributed by atoms with Gasteiger partial charge in [-0.1, -0.05) is 81.6 Å². The molecule has 1 unspecified atom stereocenters. The van der Waals surface area contributed by atoms with Crippen LogP contribution in [0.1, 0.15) is 43.3 Å². The van der Waals surface area contributed by atoms with E-state index >= 15 is 0 Å². The Kier molecular flexibility index (Phi) is 6.90. The number of rotatable bonds is 5. The molecule has 9 heteroatoms. The van der Waals surface area contributed by atoms with Gasteiger partial charge in [-0.15, -0.1) is 0 Å². The van der Waals surface area contributed by atoms with Gasteiger partial charge in [0.05, 0.1) is 33.6 Å². The number of halogens is 6. The molecule has 0 N–H and O–H groups in total. The van der Waals surface area contributed by atoms with Gasteiger partial charge in [0.2, 0.25) is 0 Å². The minimum absolute atomic E-state index is 0.0283. The van der Waals surface area contributed by atoms with Crippen molar-refractivity contribution in [3.63, 3.8) is 0 Å². The van der Waals surface area contributed by atoms with E-state index in [9.17, 15) is 22.8 Å². The molecular formula is C25H15BrCl2F3NO2. The molecule has 3 aromatic rings. The van der Waals surface area contributed by atoms with Gasteiger partial charge in [0.15, 0.2) is 0 Å². The number of hydrogen-bond acceptors (Lipinski definition) is 2. The normalized spacial score (nSPS) is 14.7. The zero-order valence-corrected chi connectivity index (χ0v) is 20.3. The van der Waals surface area contributed by atoms with Crippen molar-refractivity contribution >= 4 is 57.0 Å². The second-order valence-corrected chi connectivity index (χ2v) is 9.31. The number of carbonyl (C=O) groups is 2. The average molecular weight is 569 g/mol. The Bertz CT molecular complexity index is 1290. The summed E-state index contributed by atoms with van der Waals surface area (Å²) in [6, 6.07) is 15.3. The molecule has 0 saturated heterocycles. The first-order valence-electron chi connectivity index (χ1n) is 10.00. The molecule has 0 aliphatic carbocycles. The Morgan fingerprint density at radius 3 is 2.12 bits per heavy atom. The van der Waals surface area contributed by atoms with E-state index in [4.69, 9.17) is 23.2 Å². The van der Waals surface area contributed by atoms with E-state index in [2.05, 4.69) is 15.9 Å². The van der Waals surface area contributed by atoms with Gasteiger partial charge in [-0.25, -0.2) is 0 Å². The molecule has 0 radical (unpaired) electrons. The molecule has 174 valence electrons. The monoisotopic (exact) mass is 567 g/mol. The molecule has 1 aliphatic heterocycles. The number of fused-ring (bicyclic) bond motifs is 1. The summed E-state index contributed by atoms with van der Waals surface area (Å²) < 4.78 is 41.6. The predicted octanol–water partition coefficient (Wildman–Crippen LogP) is 7.91.